The molecular weight excluding hydrogens is 669 g/mol. The minimum absolute atomic E-state index is 0.173. The van der Waals surface area contributed by atoms with E-state index in [1.165, 1.54) is 0 Å². The van der Waals surface area contributed by atoms with E-state index in [1.54, 1.807) is 24.4 Å². The van der Waals surface area contributed by atoms with E-state index in [4.69, 9.17) is 32.4 Å². The molecule has 1 amide bonds. The van der Waals surface area contributed by atoms with Crippen molar-refractivity contribution in [1.82, 2.24) is 9.99 Å². The standard InChI is InChI=1S/C29H21Br2Cl2N3O3/c1-16-9-20(14-34-35-29(37)27-11-19-10-21(30)12-25(31)28(19)39-27)17(2)36(16)23-5-7-24(8-6-23)38-15-18-3-4-22(32)13-26(18)33/h3-14H,15H2,1-2H3,(H,35,37)/b34-14-. The van der Waals surface area contributed by atoms with Crippen LogP contribution in [0.3, 0.4) is 0 Å². The van der Waals surface area contributed by atoms with Crippen LogP contribution in [0.2, 0.25) is 10.0 Å². The summed E-state index contributed by atoms with van der Waals surface area (Å²) in [6.07, 6.45) is 1.62. The molecule has 0 atom stereocenters. The van der Waals surface area contributed by atoms with Crippen LogP contribution in [0.15, 0.2) is 85.2 Å². The average molecular weight is 690 g/mol. The highest BCUT2D eigenvalue weighted by atomic mass is 79.9. The van der Waals surface area contributed by atoms with Gasteiger partial charge in [0.2, 0.25) is 0 Å². The molecule has 5 rings (SSSR count). The van der Waals surface area contributed by atoms with Crippen LogP contribution in [0.5, 0.6) is 5.75 Å². The third kappa shape index (κ3) is 6.09. The number of furan rings is 1. The summed E-state index contributed by atoms with van der Waals surface area (Å²) in [6.45, 7) is 4.35. The van der Waals surface area contributed by atoms with Gasteiger partial charge in [-0.2, -0.15) is 5.10 Å². The summed E-state index contributed by atoms with van der Waals surface area (Å²) in [5.74, 6) is 0.462. The number of amides is 1. The minimum atomic E-state index is -0.435. The van der Waals surface area contributed by atoms with Crippen LogP contribution in [0, 0.1) is 13.8 Å². The number of carbonyl (C=O) groups is 1. The molecule has 2 aromatic heterocycles. The summed E-state index contributed by atoms with van der Waals surface area (Å²) in [5.41, 5.74) is 7.86. The fourth-order valence-corrected chi connectivity index (χ4v) is 6.01. The molecule has 0 radical (unpaired) electrons. The topological polar surface area (TPSA) is 68.8 Å². The molecule has 0 spiro atoms. The molecule has 10 heteroatoms. The normalized spacial score (nSPS) is 11.4. The van der Waals surface area contributed by atoms with Crippen LogP contribution in [0.1, 0.15) is 33.1 Å². The Kier molecular flexibility index (Phi) is 8.19. The van der Waals surface area contributed by atoms with Crippen molar-refractivity contribution in [2.75, 3.05) is 0 Å². The number of rotatable bonds is 7. The molecule has 0 saturated heterocycles. The van der Waals surface area contributed by atoms with Crippen molar-refractivity contribution in [3.63, 3.8) is 0 Å². The average Bonchev–Trinajstić information content (AvgIpc) is 3.44. The highest BCUT2D eigenvalue weighted by Crippen LogP contribution is 2.31. The molecule has 0 aliphatic heterocycles. The largest absolute Gasteiger partial charge is 0.489 e. The van der Waals surface area contributed by atoms with Gasteiger partial charge in [-0.15, -0.1) is 0 Å². The van der Waals surface area contributed by atoms with Gasteiger partial charge in [-0.3, -0.25) is 4.79 Å². The number of carbonyl (C=O) groups excluding carboxylic acids is 1. The van der Waals surface area contributed by atoms with Crippen LogP contribution in [-0.2, 0) is 6.61 Å². The second-order valence-corrected chi connectivity index (χ2v) is 11.4. The first-order valence-electron chi connectivity index (χ1n) is 11.8. The van der Waals surface area contributed by atoms with Gasteiger partial charge in [-0.05, 0) is 90.4 Å². The lowest BCUT2D eigenvalue weighted by atomic mass is 10.2. The molecule has 3 aromatic carbocycles. The van der Waals surface area contributed by atoms with Gasteiger partial charge in [0.15, 0.2) is 5.76 Å². The molecule has 6 nitrogen and oxygen atoms in total. The summed E-state index contributed by atoms with van der Waals surface area (Å²) in [7, 11) is 0. The van der Waals surface area contributed by atoms with Crippen molar-refractivity contribution < 1.29 is 13.9 Å². The van der Waals surface area contributed by atoms with E-state index in [-0.39, 0.29) is 5.76 Å². The Bertz CT molecular complexity index is 1730. The monoisotopic (exact) mass is 687 g/mol. The van der Waals surface area contributed by atoms with E-state index in [9.17, 15) is 4.79 Å². The third-order valence-corrected chi connectivity index (χ3v) is 7.74. The first kappa shape index (κ1) is 27.5. The minimum Gasteiger partial charge on any atom is -0.489 e. The van der Waals surface area contributed by atoms with Crippen molar-refractivity contribution in [3.8, 4) is 11.4 Å². The molecule has 5 aromatic rings. The molecule has 0 aliphatic carbocycles. The summed E-state index contributed by atoms with van der Waals surface area (Å²) < 4.78 is 15.4. The van der Waals surface area contributed by atoms with Crippen molar-refractivity contribution in [2.24, 2.45) is 5.10 Å². The van der Waals surface area contributed by atoms with Crippen LogP contribution in [-0.4, -0.2) is 16.7 Å². The zero-order valence-corrected chi connectivity index (χ0v) is 25.5. The number of nitrogens with zero attached hydrogens (tertiary/aromatic N) is 2. The lowest BCUT2D eigenvalue weighted by molar-refractivity contribution is 0.0929. The van der Waals surface area contributed by atoms with Crippen LogP contribution in [0.4, 0.5) is 0 Å². The second-order valence-electron chi connectivity index (χ2n) is 8.80. The number of nitrogens with one attached hydrogen (secondary N) is 1. The Morgan fingerprint density at radius 1 is 1.05 bits per heavy atom. The maximum atomic E-state index is 12.6. The van der Waals surface area contributed by atoms with E-state index < -0.39 is 5.91 Å². The van der Waals surface area contributed by atoms with E-state index in [1.807, 2.05) is 62.4 Å². The molecule has 0 aliphatic rings. The molecule has 2 heterocycles. The molecule has 0 saturated carbocycles. The van der Waals surface area contributed by atoms with E-state index in [0.29, 0.717) is 22.2 Å². The van der Waals surface area contributed by atoms with Crippen molar-refractivity contribution in [1.29, 1.82) is 0 Å². The first-order chi connectivity index (χ1) is 18.7. The molecule has 0 fully saturated rings. The maximum Gasteiger partial charge on any atom is 0.307 e. The van der Waals surface area contributed by atoms with Gasteiger partial charge in [0, 0.05) is 48.1 Å². The smallest absolute Gasteiger partial charge is 0.307 e. The Labute approximate surface area is 251 Å². The van der Waals surface area contributed by atoms with Gasteiger partial charge in [-0.25, -0.2) is 5.43 Å². The first-order valence-corrected chi connectivity index (χ1v) is 14.1. The molecule has 39 heavy (non-hydrogen) atoms. The number of ether oxygens (including phenoxy) is 1. The summed E-state index contributed by atoms with van der Waals surface area (Å²) in [5, 5.41) is 6.12. The van der Waals surface area contributed by atoms with Gasteiger partial charge in [0.05, 0.1) is 10.7 Å². The van der Waals surface area contributed by atoms with Gasteiger partial charge in [0.1, 0.15) is 17.9 Å². The van der Waals surface area contributed by atoms with Crippen LogP contribution < -0.4 is 10.2 Å². The number of hydrogen-bond acceptors (Lipinski definition) is 4. The predicted molar refractivity (Wildman–Crippen MR) is 163 cm³/mol. The van der Waals surface area contributed by atoms with E-state index >= 15 is 0 Å². The highest BCUT2D eigenvalue weighted by molar-refractivity contribution is 9.11. The number of fused-ring (bicyclic) bond motifs is 1. The van der Waals surface area contributed by atoms with Gasteiger partial charge in [0.25, 0.3) is 0 Å². The van der Waals surface area contributed by atoms with E-state index in [0.717, 1.165) is 48.3 Å². The number of aryl methyl sites for hydroxylation is 1. The molecular formula is C29H21Br2Cl2N3O3. The Hall–Kier alpha value is -3.04. The second kappa shape index (κ2) is 11.6. The fourth-order valence-electron chi connectivity index (χ4n) is 4.21. The number of hydrazone groups is 1. The lowest BCUT2D eigenvalue weighted by Crippen LogP contribution is -2.16. The van der Waals surface area contributed by atoms with E-state index in [2.05, 4.69) is 47.0 Å². The summed E-state index contributed by atoms with van der Waals surface area (Å²) in [6, 6.07) is 20.6. The van der Waals surface area contributed by atoms with Crippen molar-refractivity contribution in [3.05, 3.63) is 114 Å². The number of benzene rings is 3. The molecule has 0 unspecified atom stereocenters. The summed E-state index contributed by atoms with van der Waals surface area (Å²) >= 11 is 19.1. The van der Waals surface area contributed by atoms with Gasteiger partial charge in [-0.1, -0.05) is 45.2 Å². The number of hydrogen-bond donors (Lipinski definition) is 1. The van der Waals surface area contributed by atoms with Crippen LogP contribution >= 0.6 is 55.1 Å². The predicted octanol–water partition coefficient (Wildman–Crippen LogP) is 9.02. The molecule has 1 N–H and O–H groups in total. The lowest BCUT2D eigenvalue weighted by Gasteiger charge is -2.12. The quantitative estimate of drug-likeness (QED) is 0.137. The maximum absolute atomic E-state index is 12.6. The van der Waals surface area contributed by atoms with Gasteiger partial charge >= 0.3 is 5.91 Å². The fraction of sp³-hybridized carbons (Fsp3) is 0.103. The zero-order chi connectivity index (χ0) is 27.7. The van der Waals surface area contributed by atoms with Crippen molar-refractivity contribution in [2.45, 2.75) is 20.5 Å². The molecule has 0 bridgehead atoms. The number of aromatic nitrogens is 1. The Morgan fingerprint density at radius 2 is 1.82 bits per heavy atom. The Balaban J connectivity index is 1.26. The van der Waals surface area contributed by atoms with Crippen LogP contribution in [0.25, 0.3) is 16.7 Å². The third-order valence-electron chi connectivity index (χ3n) is 6.10. The zero-order valence-electron chi connectivity index (χ0n) is 20.8. The van der Waals surface area contributed by atoms with Crippen molar-refractivity contribution >= 4 is 78.2 Å². The SMILES string of the molecule is Cc1cc(/C=N\NC(=O)c2cc3cc(Br)cc(Br)c3o2)c(C)n1-c1ccc(OCc2ccc(Cl)cc2Cl)cc1. The Morgan fingerprint density at radius 3 is 2.56 bits per heavy atom. The number of halogens is 4. The van der Waals surface area contributed by atoms with Gasteiger partial charge < -0.3 is 13.7 Å². The highest BCUT2D eigenvalue weighted by Gasteiger charge is 2.15. The summed E-state index contributed by atoms with van der Waals surface area (Å²) in [4.78, 5) is 12.6. The molecule has 198 valence electrons.